The fourth-order valence-electron chi connectivity index (χ4n) is 4.75. The second-order valence-corrected chi connectivity index (χ2v) is 8.44. The molecular formula is C28H30N2O2. The van der Waals surface area contributed by atoms with Gasteiger partial charge in [0.05, 0.1) is 13.2 Å². The first-order chi connectivity index (χ1) is 15.8. The molecular weight excluding hydrogens is 396 g/mol. The normalized spacial score (nSPS) is 19.1. The van der Waals surface area contributed by atoms with Gasteiger partial charge in [0.25, 0.3) is 0 Å². The van der Waals surface area contributed by atoms with Crippen molar-refractivity contribution in [3.05, 3.63) is 101 Å². The summed E-state index contributed by atoms with van der Waals surface area (Å²) in [7, 11) is 1.70. The molecule has 3 aromatic carbocycles. The highest BCUT2D eigenvalue weighted by atomic mass is 16.5. The molecule has 2 aliphatic heterocycles. The van der Waals surface area contributed by atoms with Crippen molar-refractivity contribution in [3.63, 3.8) is 0 Å². The van der Waals surface area contributed by atoms with Crippen LogP contribution in [-0.2, 0) is 6.61 Å². The lowest BCUT2D eigenvalue weighted by Crippen LogP contribution is -2.47. The molecule has 0 saturated carbocycles. The Balaban J connectivity index is 1.33. The average molecular weight is 427 g/mol. The molecule has 2 heterocycles. The minimum Gasteiger partial charge on any atom is -0.497 e. The molecule has 1 unspecified atom stereocenters. The highest BCUT2D eigenvalue weighted by Crippen LogP contribution is 2.41. The van der Waals surface area contributed by atoms with Crippen LogP contribution in [-0.4, -0.2) is 49.6 Å². The molecule has 164 valence electrons. The predicted molar refractivity (Wildman–Crippen MR) is 129 cm³/mol. The van der Waals surface area contributed by atoms with Crippen LogP contribution < -0.4 is 9.47 Å². The monoisotopic (exact) mass is 426 g/mol. The van der Waals surface area contributed by atoms with Crippen molar-refractivity contribution < 1.29 is 9.47 Å². The van der Waals surface area contributed by atoms with E-state index in [1.165, 1.54) is 22.3 Å². The van der Waals surface area contributed by atoms with Gasteiger partial charge in [0.2, 0.25) is 0 Å². The van der Waals surface area contributed by atoms with E-state index in [0.717, 1.165) is 44.2 Å². The van der Waals surface area contributed by atoms with Crippen LogP contribution in [0.3, 0.4) is 0 Å². The van der Waals surface area contributed by atoms with Crippen molar-refractivity contribution in [2.45, 2.75) is 12.6 Å². The first kappa shape index (κ1) is 20.8. The molecule has 1 saturated heterocycles. The maximum atomic E-state index is 6.23. The molecule has 0 spiro atoms. The van der Waals surface area contributed by atoms with Crippen molar-refractivity contribution in [2.75, 3.05) is 39.8 Å². The summed E-state index contributed by atoms with van der Waals surface area (Å²) >= 11 is 0. The van der Waals surface area contributed by atoms with Crippen LogP contribution in [0.5, 0.6) is 11.5 Å². The summed E-state index contributed by atoms with van der Waals surface area (Å²) in [5.41, 5.74) is 5.11. The Morgan fingerprint density at radius 1 is 0.906 bits per heavy atom. The number of hydrogen-bond acceptors (Lipinski definition) is 4. The number of hydrogen-bond donors (Lipinski definition) is 0. The van der Waals surface area contributed by atoms with E-state index >= 15 is 0 Å². The molecule has 32 heavy (non-hydrogen) atoms. The number of rotatable bonds is 5. The molecule has 0 amide bonds. The second-order valence-electron chi connectivity index (χ2n) is 8.44. The SMILES string of the molecule is COc1ccc2c(c1)OCc1ccccc1C2N1CCN(C/C=C/c2ccccc2)CC1. The molecule has 0 N–H and O–H groups in total. The Bertz CT molecular complexity index is 1070. The number of fused-ring (bicyclic) bond motifs is 2. The van der Waals surface area contributed by atoms with Crippen molar-refractivity contribution in [1.29, 1.82) is 0 Å². The molecule has 0 aliphatic carbocycles. The van der Waals surface area contributed by atoms with Crippen molar-refractivity contribution >= 4 is 6.08 Å². The number of methoxy groups -OCH3 is 1. The van der Waals surface area contributed by atoms with E-state index < -0.39 is 0 Å². The van der Waals surface area contributed by atoms with Gasteiger partial charge in [0.1, 0.15) is 18.1 Å². The molecule has 4 heteroatoms. The number of benzene rings is 3. The van der Waals surface area contributed by atoms with Crippen molar-refractivity contribution in [2.24, 2.45) is 0 Å². The molecule has 0 aromatic heterocycles. The third kappa shape index (κ3) is 4.43. The van der Waals surface area contributed by atoms with E-state index in [4.69, 9.17) is 9.47 Å². The molecule has 1 fully saturated rings. The minimum atomic E-state index is 0.205. The zero-order valence-corrected chi connectivity index (χ0v) is 18.6. The Morgan fingerprint density at radius 2 is 1.69 bits per heavy atom. The lowest BCUT2D eigenvalue weighted by atomic mass is 9.93. The highest BCUT2D eigenvalue weighted by molar-refractivity contribution is 5.50. The second kappa shape index (κ2) is 9.60. The van der Waals surface area contributed by atoms with Gasteiger partial charge in [-0.15, -0.1) is 0 Å². The van der Waals surface area contributed by atoms with Crippen LogP contribution in [0, 0.1) is 0 Å². The molecule has 2 aliphatic rings. The smallest absolute Gasteiger partial charge is 0.128 e. The van der Waals surface area contributed by atoms with Gasteiger partial charge in [0, 0.05) is 44.4 Å². The fourth-order valence-corrected chi connectivity index (χ4v) is 4.75. The Labute approximate surface area is 190 Å². The summed E-state index contributed by atoms with van der Waals surface area (Å²) in [6, 6.07) is 25.7. The van der Waals surface area contributed by atoms with E-state index in [-0.39, 0.29) is 6.04 Å². The molecule has 3 aromatic rings. The first-order valence-corrected chi connectivity index (χ1v) is 11.4. The number of ether oxygens (including phenoxy) is 2. The Kier molecular flexibility index (Phi) is 6.24. The third-order valence-electron chi connectivity index (χ3n) is 6.49. The summed E-state index contributed by atoms with van der Waals surface area (Å²) in [4.78, 5) is 5.14. The van der Waals surface area contributed by atoms with Gasteiger partial charge < -0.3 is 9.47 Å². The molecule has 5 rings (SSSR count). The summed E-state index contributed by atoms with van der Waals surface area (Å²) < 4.78 is 11.7. The van der Waals surface area contributed by atoms with Gasteiger partial charge in [0.15, 0.2) is 0 Å². The van der Waals surface area contributed by atoms with Gasteiger partial charge in [-0.3, -0.25) is 9.80 Å². The average Bonchev–Trinajstić information content (AvgIpc) is 3.02. The highest BCUT2D eigenvalue weighted by Gasteiger charge is 2.31. The zero-order valence-electron chi connectivity index (χ0n) is 18.6. The Hall–Kier alpha value is -3.08. The predicted octanol–water partition coefficient (Wildman–Crippen LogP) is 5.01. The van der Waals surface area contributed by atoms with E-state index in [1.54, 1.807) is 7.11 Å². The van der Waals surface area contributed by atoms with E-state index in [1.807, 2.05) is 12.1 Å². The van der Waals surface area contributed by atoms with Crippen LogP contribution in [0.2, 0.25) is 0 Å². The van der Waals surface area contributed by atoms with Gasteiger partial charge in [-0.25, -0.2) is 0 Å². The van der Waals surface area contributed by atoms with Crippen molar-refractivity contribution in [1.82, 2.24) is 9.80 Å². The van der Waals surface area contributed by atoms with Crippen LogP contribution in [0.1, 0.15) is 28.3 Å². The first-order valence-electron chi connectivity index (χ1n) is 11.4. The summed E-state index contributed by atoms with van der Waals surface area (Å²) in [5.74, 6) is 1.77. The third-order valence-corrected chi connectivity index (χ3v) is 6.49. The number of piperazine rings is 1. The lowest BCUT2D eigenvalue weighted by molar-refractivity contribution is 0.117. The maximum Gasteiger partial charge on any atom is 0.128 e. The number of nitrogens with zero attached hydrogens (tertiary/aromatic N) is 2. The van der Waals surface area contributed by atoms with Gasteiger partial charge >= 0.3 is 0 Å². The molecule has 1 atom stereocenters. The molecule has 4 nitrogen and oxygen atoms in total. The van der Waals surface area contributed by atoms with Crippen LogP contribution >= 0.6 is 0 Å². The standard InChI is InChI=1S/C28H30N2O2/c1-31-24-13-14-26-27(20-24)32-21-23-11-5-6-12-25(23)28(26)30-18-16-29(17-19-30)15-7-10-22-8-3-2-4-9-22/h2-14,20,28H,15-19,21H2,1H3/b10-7+. The van der Waals surface area contributed by atoms with Crippen LogP contribution in [0.4, 0.5) is 0 Å². The molecule has 0 bridgehead atoms. The van der Waals surface area contributed by atoms with Gasteiger partial charge in [-0.05, 0) is 28.8 Å². The largest absolute Gasteiger partial charge is 0.497 e. The van der Waals surface area contributed by atoms with Gasteiger partial charge in [-0.1, -0.05) is 66.7 Å². The fraction of sp³-hybridized carbons (Fsp3) is 0.286. The summed E-state index contributed by atoms with van der Waals surface area (Å²) in [6.07, 6.45) is 4.50. The van der Waals surface area contributed by atoms with Crippen LogP contribution in [0.25, 0.3) is 6.08 Å². The lowest BCUT2D eigenvalue weighted by Gasteiger charge is -2.39. The van der Waals surface area contributed by atoms with E-state index in [0.29, 0.717) is 6.61 Å². The minimum absolute atomic E-state index is 0.205. The quantitative estimate of drug-likeness (QED) is 0.573. The summed E-state index contributed by atoms with van der Waals surface area (Å²) in [6.45, 7) is 5.76. The van der Waals surface area contributed by atoms with Crippen molar-refractivity contribution in [3.8, 4) is 11.5 Å². The molecule has 0 radical (unpaired) electrons. The van der Waals surface area contributed by atoms with E-state index in [9.17, 15) is 0 Å². The van der Waals surface area contributed by atoms with Gasteiger partial charge in [-0.2, -0.15) is 0 Å². The zero-order chi connectivity index (χ0) is 21.8. The summed E-state index contributed by atoms with van der Waals surface area (Å²) in [5, 5.41) is 0. The Morgan fingerprint density at radius 3 is 2.50 bits per heavy atom. The topological polar surface area (TPSA) is 24.9 Å². The maximum absolute atomic E-state index is 6.23. The van der Waals surface area contributed by atoms with E-state index in [2.05, 4.69) is 82.6 Å². The van der Waals surface area contributed by atoms with Crippen LogP contribution in [0.15, 0.2) is 78.9 Å².